The number of nitrogens with zero attached hydrogens (tertiary/aromatic N) is 2. The minimum atomic E-state index is 0.805. The first-order valence-electron chi connectivity index (χ1n) is 6.05. The number of piperidine rings is 3. The van der Waals surface area contributed by atoms with Crippen LogP contribution in [0.15, 0.2) is 24.5 Å². The van der Waals surface area contributed by atoms with Gasteiger partial charge in [-0.2, -0.15) is 0 Å². The molecule has 0 N–H and O–H groups in total. The summed E-state index contributed by atoms with van der Waals surface area (Å²) in [6.07, 6.45) is 9.33. The van der Waals surface area contributed by atoms with Gasteiger partial charge in [-0.3, -0.25) is 4.98 Å². The van der Waals surface area contributed by atoms with Crippen LogP contribution in [-0.4, -0.2) is 29.0 Å². The minimum Gasteiger partial charge on any atom is -0.300 e. The van der Waals surface area contributed by atoms with Crippen molar-refractivity contribution < 1.29 is 0 Å². The molecule has 0 aromatic carbocycles. The average Bonchev–Trinajstić information content (AvgIpc) is 2.32. The van der Waals surface area contributed by atoms with Gasteiger partial charge in [0, 0.05) is 18.4 Å². The quantitative estimate of drug-likeness (QED) is 0.730. The summed E-state index contributed by atoms with van der Waals surface area (Å²) in [5.41, 5.74) is 1.45. The van der Waals surface area contributed by atoms with Crippen LogP contribution in [0.5, 0.6) is 0 Å². The monoisotopic (exact) mass is 202 g/mol. The smallest absolute Gasteiger partial charge is 0.0270 e. The third-order valence-corrected chi connectivity index (χ3v) is 3.99. The Balaban J connectivity index is 1.69. The van der Waals surface area contributed by atoms with Crippen molar-refractivity contribution >= 4 is 0 Å². The predicted molar refractivity (Wildman–Crippen MR) is 60.6 cm³/mol. The number of rotatable bonds is 2. The normalized spacial score (nSPS) is 34.3. The van der Waals surface area contributed by atoms with E-state index in [0.717, 1.165) is 12.0 Å². The van der Waals surface area contributed by atoms with E-state index in [1.807, 2.05) is 12.4 Å². The van der Waals surface area contributed by atoms with Crippen LogP contribution in [0.25, 0.3) is 0 Å². The van der Waals surface area contributed by atoms with E-state index >= 15 is 0 Å². The number of hydrogen-bond donors (Lipinski definition) is 0. The highest BCUT2D eigenvalue weighted by Gasteiger charge is 2.33. The van der Waals surface area contributed by atoms with Gasteiger partial charge in [-0.1, -0.05) is 0 Å². The molecule has 3 aliphatic heterocycles. The Labute approximate surface area is 91.3 Å². The second kappa shape index (κ2) is 3.93. The molecule has 0 saturated carbocycles. The largest absolute Gasteiger partial charge is 0.300 e. The molecule has 1 atom stereocenters. The third-order valence-electron chi connectivity index (χ3n) is 3.99. The first-order chi connectivity index (χ1) is 7.42. The Morgan fingerprint density at radius 2 is 1.93 bits per heavy atom. The van der Waals surface area contributed by atoms with Crippen LogP contribution in [0.4, 0.5) is 0 Å². The van der Waals surface area contributed by atoms with Gasteiger partial charge in [0.25, 0.3) is 0 Å². The Kier molecular flexibility index (Phi) is 2.45. The summed E-state index contributed by atoms with van der Waals surface area (Å²) in [6.45, 7) is 2.67. The van der Waals surface area contributed by atoms with Crippen molar-refractivity contribution in [2.24, 2.45) is 5.92 Å². The summed E-state index contributed by atoms with van der Waals surface area (Å²) in [6, 6.07) is 5.12. The number of aromatic nitrogens is 1. The molecule has 15 heavy (non-hydrogen) atoms. The van der Waals surface area contributed by atoms with Crippen molar-refractivity contribution in [3.63, 3.8) is 0 Å². The highest BCUT2D eigenvalue weighted by atomic mass is 15.2. The number of pyridine rings is 1. The van der Waals surface area contributed by atoms with Gasteiger partial charge in [0.2, 0.25) is 0 Å². The molecule has 1 unspecified atom stereocenters. The fourth-order valence-corrected chi connectivity index (χ4v) is 3.09. The van der Waals surface area contributed by atoms with Gasteiger partial charge in [-0.05, 0) is 62.4 Å². The molecule has 2 heteroatoms. The lowest BCUT2D eigenvalue weighted by Crippen LogP contribution is -2.49. The predicted octanol–water partition coefficient (Wildman–Crippen LogP) is 2.11. The van der Waals surface area contributed by atoms with Crippen LogP contribution in [0.1, 0.15) is 24.8 Å². The highest BCUT2D eigenvalue weighted by molar-refractivity contribution is 5.12. The van der Waals surface area contributed by atoms with Gasteiger partial charge in [0.15, 0.2) is 0 Å². The summed E-state index contributed by atoms with van der Waals surface area (Å²) < 4.78 is 0. The van der Waals surface area contributed by atoms with Crippen LogP contribution >= 0.6 is 0 Å². The second-order valence-electron chi connectivity index (χ2n) is 4.93. The average molecular weight is 202 g/mol. The van der Waals surface area contributed by atoms with E-state index in [0.29, 0.717) is 0 Å². The first-order valence-corrected chi connectivity index (χ1v) is 6.05. The summed E-state index contributed by atoms with van der Waals surface area (Å²) in [7, 11) is 0. The van der Waals surface area contributed by atoms with Gasteiger partial charge in [0.05, 0.1) is 0 Å². The van der Waals surface area contributed by atoms with E-state index in [2.05, 4.69) is 22.0 Å². The summed E-state index contributed by atoms with van der Waals surface area (Å²) in [5.74, 6) is 1.02. The molecule has 80 valence electrons. The van der Waals surface area contributed by atoms with E-state index in [1.54, 1.807) is 0 Å². The molecule has 3 aliphatic rings. The topological polar surface area (TPSA) is 16.1 Å². The molecule has 3 fully saturated rings. The molecule has 0 amide bonds. The van der Waals surface area contributed by atoms with Gasteiger partial charge in [-0.15, -0.1) is 0 Å². The Morgan fingerprint density at radius 3 is 2.53 bits per heavy atom. The molecular formula is C13H18N2. The summed E-state index contributed by atoms with van der Waals surface area (Å²) in [4.78, 5) is 6.75. The van der Waals surface area contributed by atoms with Crippen molar-refractivity contribution in [3.8, 4) is 0 Å². The maximum Gasteiger partial charge on any atom is 0.0270 e. The number of fused-ring (bicyclic) bond motifs is 3. The highest BCUT2D eigenvalue weighted by Crippen LogP contribution is 2.33. The maximum absolute atomic E-state index is 4.07. The molecule has 4 rings (SSSR count). The van der Waals surface area contributed by atoms with Crippen LogP contribution in [0.2, 0.25) is 0 Å². The molecule has 0 aliphatic carbocycles. The van der Waals surface area contributed by atoms with E-state index in [9.17, 15) is 0 Å². The standard InChI is InChI=1S/C13H18N2/c1-5-14-6-2-11(1)9-13-10-12-3-7-15(13)8-4-12/h1-2,5-6,12-13H,3-4,7-10H2. The molecule has 1 aromatic rings. The van der Waals surface area contributed by atoms with Gasteiger partial charge in [0.1, 0.15) is 0 Å². The van der Waals surface area contributed by atoms with Gasteiger partial charge >= 0.3 is 0 Å². The molecular weight excluding hydrogens is 184 g/mol. The Hall–Kier alpha value is -0.890. The zero-order chi connectivity index (χ0) is 10.1. The van der Waals surface area contributed by atoms with Crippen molar-refractivity contribution in [3.05, 3.63) is 30.1 Å². The lowest BCUT2D eigenvalue weighted by atomic mass is 9.81. The van der Waals surface area contributed by atoms with E-state index in [-0.39, 0.29) is 0 Å². The summed E-state index contributed by atoms with van der Waals surface area (Å²) in [5, 5.41) is 0. The molecule has 2 nitrogen and oxygen atoms in total. The molecule has 3 saturated heterocycles. The van der Waals surface area contributed by atoms with Crippen molar-refractivity contribution in [2.45, 2.75) is 31.7 Å². The van der Waals surface area contributed by atoms with Crippen molar-refractivity contribution in [1.29, 1.82) is 0 Å². The lowest BCUT2D eigenvalue weighted by Gasteiger charge is -2.45. The van der Waals surface area contributed by atoms with Crippen LogP contribution in [0.3, 0.4) is 0 Å². The second-order valence-corrected chi connectivity index (χ2v) is 4.93. The zero-order valence-electron chi connectivity index (χ0n) is 9.10. The van der Waals surface area contributed by atoms with E-state index < -0.39 is 0 Å². The Morgan fingerprint density at radius 1 is 1.20 bits per heavy atom. The molecule has 0 radical (unpaired) electrons. The first kappa shape index (κ1) is 9.34. The molecule has 2 bridgehead atoms. The third kappa shape index (κ3) is 1.91. The Bertz CT molecular complexity index is 315. The fourth-order valence-electron chi connectivity index (χ4n) is 3.09. The molecule has 0 spiro atoms. The van der Waals surface area contributed by atoms with E-state index in [4.69, 9.17) is 0 Å². The van der Waals surface area contributed by atoms with Crippen LogP contribution in [-0.2, 0) is 6.42 Å². The lowest BCUT2D eigenvalue weighted by molar-refractivity contribution is 0.0498. The molecule has 4 heterocycles. The van der Waals surface area contributed by atoms with E-state index in [1.165, 1.54) is 44.3 Å². The molecule has 1 aromatic heterocycles. The summed E-state index contributed by atoms with van der Waals surface area (Å²) >= 11 is 0. The van der Waals surface area contributed by atoms with Crippen molar-refractivity contribution in [1.82, 2.24) is 9.88 Å². The zero-order valence-corrected chi connectivity index (χ0v) is 9.10. The number of hydrogen-bond acceptors (Lipinski definition) is 2. The van der Waals surface area contributed by atoms with Gasteiger partial charge < -0.3 is 4.90 Å². The van der Waals surface area contributed by atoms with Crippen molar-refractivity contribution in [2.75, 3.05) is 13.1 Å². The SMILES string of the molecule is c1cc(CC2CC3CCN2CC3)ccn1. The van der Waals surface area contributed by atoms with Gasteiger partial charge in [-0.25, -0.2) is 0 Å². The fraction of sp³-hybridized carbons (Fsp3) is 0.615. The van der Waals surface area contributed by atoms with Crippen LogP contribution in [0, 0.1) is 5.92 Å². The maximum atomic E-state index is 4.07. The minimum absolute atomic E-state index is 0.805. The van der Waals surface area contributed by atoms with Crippen LogP contribution < -0.4 is 0 Å².